The fourth-order valence-electron chi connectivity index (χ4n) is 0.928. The van der Waals surface area contributed by atoms with Crippen molar-refractivity contribution >= 4 is 16.3 Å². The van der Waals surface area contributed by atoms with Crippen LogP contribution >= 0.6 is 16.3 Å². The van der Waals surface area contributed by atoms with Crippen LogP contribution in [0.4, 0.5) is 0 Å². The van der Waals surface area contributed by atoms with Crippen molar-refractivity contribution in [2.75, 3.05) is 26.7 Å². The van der Waals surface area contributed by atoms with Crippen molar-refractivity contribution in [1.82, 2.24) is 0 Å². The van der Waals surface area contributed by atoms with Gasteiger partial charge in [-0.2, -0.15) is 6.07 Å². The number of hydrogen-bond acceptors (Lipinski definition) is 2. The molecule has 78 valence electrons. The Balaban J connectivity index is 2.68. The average molecular weight is 229 g/mol. The predicted octanol–water partition coefficient (Wildman–Crippen LogP) is 3.56. The van der Waals surface area contributed by atoms with Crippen LogP contribution in [-0.4, -0.2) is 26.7 Å². The van der Waals surface area contributed by atoms with E-state index in [0.29, 0.717) is 0 Å². The van der Waals surface area contributed by atoms with E-state index in [0.717, 1.165) is 11.5 Å². The van der Waals surface area contributed by atoms with E-state index in [9.17, 15) is 0 Å². The fourth-order valence-corrected chi connectivity index (χ4v) is 1.93. The van der Waals surface area contributed by atoms with E-state index in [2.05, 4.69) is 32.7 Å². The maximum Gasteiger partial charge on any atom is 0.0774 e. The van der Waals surface area contributed by atoms with Gasteiger partial charge in [0.25, 0.3) is 0 Å². The summed E-state index contributed by atoms with van der Waals surface area (Å²) in [5.74, 6) is 1.55. The van der Waals surface area contributed by atoms with Crippen LogP contribution in [-0.2, 0) is 0 Å². The first-order chi connectivity index (χ1) is 6.58. The second-order valence-electron chi connectivity index (χ2n) is 3.19. The maximum absolute atomic E-state index is 5.57. The SMILES string of the molecule is CP(C)Oc1[c-]c(OP(C)C)ccc1. The molecular formula is C10H15O2P2-. The van der Waals surface area contributed by atoms with Gasteiger partial charge in [0, 0.05) is 11.5 Å². The topological polar surface area (TPSA) is 18.5 Å². The van der Waals surface area contributed by atoms with E-state index in [4.69, 9.17) is 9.05 Å². The minimum absolute atomic E-state index is 0.391. The lowest BCUT2D eigenvalue weighted by Crippen LogP contribution is -1.87. The largest absolute Gasteiger partial charge is 0.500 e. The van der Waals surface area contributed by atoms with Crippen LogP contribution < -0.4 is 9.05 Å². The molecule has 0 unspecified atom stereocenters. The summed E-state index contributed by atoms with van der Waals surface area (Å²) in [4.78, 5) is 0. The summed E-state index contributed by atoms with van der Waals surface area (Å²) >= 11 is 0. The minimum atomic E-state index is -0.391. The van der Waals surface area contributed by atoms with Crippen molar-refractivity contribution in [3.8, 4) is 11.5 Å². The molecule has 0 atom stereocenters. The Morgan fingerprint density at radius 2 is 1.36 bits per heavy atom. The molecule has 0 radical (unpaired) electrons. The summed E-state index contributed by atoms with van der Waals surface area (Å²) in [6.07, 6.45) is 0. The molecule has 1 aromatic carbocycles. The lowest BCUT2D eigenvalue weighted by atomic mass is 10.3. The summed E-state index contributed by atoms with van der Waals surface area (Å²) in [6.45, 7) is 8.24. The zero-order valence-electron chi connectivity index (χ0n) is 8.94. The van der Waals surface area contributed by atoms with Gasteiger partial charge in [-0.05, 0) is 26.7 Å². The molecule has 0 heterocycles. The zero-order chi connectivity index (χ0) is 10.6. The third kappa shape index (κ3) is 4.26. The van der Waals surface area contributed by atoms with Crippen molar-refractivity contribution in [2.45, 2.75) is 0 Å². The Bertz CT molecular complexity index is 262. The van der Waals surface area contributed by atoms with Crippen LogP contribution in [0.3, 0.4) is 0 Å². The lowest BCUT2D eigenvalue weighted by Gasteiger charge is -2.18. The highest BCUT2D eigenvalue weighted by molar-refractivity contribution is 7.51. The smallest absolute Gasteiger partial charge is 0.0774 e. The Morgan fingerprint density at radius 3 is 1.71 bits per heavy atom. The first kappa shape index (κ1) is 11.8. The van der Waals surface area contributed by atoms with Crippen LogP contribution in [0, 0.1) is 6.07 Å². The van der Waals surface area contributed by atoms with Gasteiger partial charge in [-0.15, -0.1) is 12.1 Å². The fraction of sp³-hybridized carbons (Fsp3) is 0.400. The standard InChI is InChI=1S/C10H15O2P2/c1-13(2)11-9-6-5-7-10(8-9)12-14(3)4/h5-7H,1-4H3/q-1. The summed E-state index contributed by atoms with van der Waals surface area (Å²) in [7, 11) is -0.782. The maximum atomic E-state index is 5.57. The van der Waals surface area contributed by atoms with Gasteiger partial charge in [0.2, 0.25) is 0 Å². The molecule has 0 saturated carbocycles. The van der Waals surface area contributed by atoms with Gasteiger partial charge in [-0.1, -0.05) is 6.07 Å². The molecule has 0 amide bonds. The third-order valence-corrected chi connectivity index (χ3v) is 2.43. The summed E-state index contributed by atoms with van der Waals surface area (Å²) in [5, 5.41) is 0. The molecule has 1 aromatic rings. The molecule has 0 N–H and O–H groups in total. The van der Waals surface area contributed by atoms with Crippen molar-refractivity contribution < 1.29 is 9.05 Å². The van der Waals surface area contributed by atoms with Crippen molar-refractivity contribution in [1.29, 1.82) is 0 Å². The first-order valence-corrected chi connectivity index (χ1v) is 8.61. The molecule has 1 rings (SSSR count). The molecule has 0 saturated heterocycles. The van der Waals surface area contributed by atoms with Crippen LogP contribution in [0.5, 0.6) is 11.5 Å². The van der Waals surface area contributed by atoms with Gasteiger partial charge >= 0.3 is 0 Å². The van der Waals surface area contributed by atoms with E-state index < -0.39 is 16.3 Å². The van der Waals surface area contributed by atoms with Gasteiger partial charge in [0.05, 0.1) is 16.3 Å². The van der Waals surface area contributed by atoms with E-state index in [-0.39, 0.29) is 0 Å². The average Bonchev–Trinajstić information content (AvgIpc) is 2.01. The predicted molar refractivity (Wildman–Crippen MR) is 64.1 cm³/mol. The highest BCUT2D eigenvalue weighted by Crippen LogP contribution is 2.34. The van der Waals surface area contributed by atoms with Crippen LogP contribution in [0.1, 0.15) is 0 Å². The summed E-state index contributed by atoms with van der Waals surface area (Å²) in [5.41, 5.74) is 0. The minimum Gasteiger partial charge on any atom is -0.500 e. The molecular weight excluding hydrogens is 214 g/mol. The molecule has 14 heavy (non-hydrogen) atoms. The van der Waals surface area contributed by atoms with E-state index >= 15 is 0 Å². The van der Waals surface area contributed by atoms with E-state index in [1.807, 2.05) is 18.2 Å². The Hall–Kier alpha value is -0.320. The Morgan fingerprint density at radius 1 is 0.929 bits per heavy atom. The van der Waals surface area contributed by atoms with Crippen molar-refractivity contribution in [2.24, 2.45) is 0 Å². The van der Waals surface area contributed by atoms with Crippen LogP contribution in [0.15, 0.2) is 18.2 Å². The van der Waals surface area contributed by atoms with Gasteiger partial charge < -0.3 is 9.05 Å². The molecule has 0 aliphatic carbocycles. The normalized spacial score (nSPS) is 10.7. The zero-order valence-corrected chi connectivity index (χ0v) is 10.7. The van der Waals surface area contributed by atoms with Gasteiger partial charge in [-0.3, -0.25) is 0 Å². The van der Waals surface area contributed by atoms with E-state index in [1.54, 1.807) is 0 Å². The number of rotatable bonds is 4. The summed E-state index contributed by atoms with van der Waals surface area (Å²) in [6, 6.07) is 8.84. The first-order valence-electron chi connectivity index (χ1n) is 4.31. The lowest BCUT2D eigenvalue weighted by molar-refractivity contribution is 0.593. The van der Waals surface area contributed by atoms with Gasteiger partial charge in [0.1, 0.15) is 0 Å². The molecule has 0 aromatic heterocycles. The molecule has 2 nitrogen and oxygen atoms in total. The van der Waals surface area contributed by atoms with Crippen molar-refractivity contribution in [3.05, 3.63) is 24.3 Å². The Labute approximate surface area is 88.3 Å². The molecule has 4 heteroatoms. The second-order valence-corrected chi connectivity index (χ2v) is 6.80. The second kappa shape index (κ2) is 5.53. The molecule has 0 bridgehead atoms. The monoisotopic (exact) mass is 229 g/mol. The Kier molecular flexibility index (Phi) is 4.65. The van der Waals surface area contributed by atoms with Gasteiger partial charge in [0.15, 0.2) is 0 Å². The highest BCUT2D eigenvalue weighted by atomic mass is 31.1. The molecule has 0 aliphatic heterocycles. The molecule has 0 spiro atoms. The van der Waals surface area contributed by atoms with E-state index in [1.165, 1.54) is 0 Å². The van der Waals surface area contributed by atoms with Crippen LogP contribution in [0.2, 0.25) is 0 Å². The number of hydrogen-bond donors (Lipinski definition) is 0. The number of benzene rings is 1. The van der Waals surface area contributed by atoms with Crippen LogP contribution in [0.25, 0.3) is 0 Å². The molecule has 0 aliphatic rings. The molecule has 0 fully saturated rings. The summed E-state index contributed by atoms with van der Waals surface area (Å²) < 4.78 is 11.1. The van der Waals surface area contributed by atoms with Gasteiger partial charge in [-0.25, -0.2) is 0 Å². The quantitative estimate of drug-likeness (QED) is 0.580. The third-order valence-electron chi connectivity index (χ3n) is 1.30. The van der Waals surface area contributed by atoms with Crippen molar-refractivity contribution in [3.63, 3.8) is 0 Å². The highest BCUT2D eigenvalue weighted by Gasteiger charge is 1.95.